The third-order valence-corrected chi connectivity index (χ3v) is 3.33. The second-order valence-corrected chi connectivity index (χ2v) is 4.64. The summed E-state index contributed by atoms with van der Waals surface area (Å²) in [5.41, 5.74) is 2.52. The van der Waals surface area contributed by atoms with Crippen molar-refractivity contribution < 1.29 is 4.74 Å². The van der Waals surface area contributed by atoms with E-state index in [9.17, 15) is 0 Å². The number of hydrogen-bond acceptors (Lipinski definition) is 2. The van der Waals surface area contributed by atoms with Crippen LogP contribution in [0.5, 0.6) is 5.75 Å². The molecular weight excluding hydrogens is 222 g/mol. The van der Waals surface area contributed by atoms with Gasteiger partial charge in [-0.05, 0) is 36.2 Å². The van der Waals surface area contributed by atoms with Gasteiger partial charge in [0.25, 0.3) is 0 Å². The molecule has 0 spiro atoms. The normalized spacial score (nSPS) is 18.1. The van der Waals surface area contributed by atoms with Crippen LogP contribution in [-0.2, 0) is 6.61 Å². The first kappa shape index (κ1) is 11.3. The number of hydrogen-bond donors (Lipinski definition) is 1. The van der Waals surface area contributed by atoms with Crippen molar-refractivity contribution in [2.24, 2.45) is 0 Å². The lowest BCUT2D eigenvalue weighted by Gasteiger charge is -2.28. The van der Waals surface area contributed by atoms with Crippen LogP contribution in [0.3, 0.4) is 0 Å². The highest BCUT2D eigenvalue weighted by Crippen LogP contribution is 2.26. The summed E-state index contributed by atoms with van der Waals surface area (Å²) >= 11 is 0. The minimum Gasteiger partial charge on any atom is -0.489 e. The Labute approximate surface area is 108 Å². The van der Waals surface area contributed by atoms with Crippen molar-refractivity contribution in [2.75, 3.05) is 6.54 Å². The summed E-state index contributed by atoms with van der Waals surface area (Å²) in [5, 5.41) is 3.41. The van der Waals surface area contributed by atoms with Crippen LogP contribution in [0.25, 0.3) is 0 Å². The Balaban J connectivity index is 1.65. The van der Waals surface area contributed by atoms with E-state index in [2.05, 4.69) is 35.6 Å². The van der Waals surface area contributed by atoms with E-state index in [1.807, 2.05) is 24.3 Å². The number of benzene rings is 2. The van der Waals surface area contributed by atoms with E-state index in [1.54, 1.807) is 0 Å². The first-order valence-corrected chi connectivity index (χ1v) is 6.42. The van der Waals surface area contributed by atoms with Gasteiger partial charge in [-0.1, -0.05) is 42.5 Å². The number of nitrogens with one attached hydrogen (secondary N) is 1. The third kappa shape index (κ3) is 2.54. The first-order valence-electron chi connectivity index (χ1n) is 6.42. The van der Waals surface area contributed by atoms with Gasteiger partial charge in [-0.3, -0.25) is 0 Å². The Kier molecular flexibility index (Phi) is 3.29. The molecule has 18 heavy (non-hydrogen) atoms. The zero-order chi connectivity index (χ0) is 12.2. The van der Waals surface area contributed by atoms with Gasteiger partial charge in [0, 0.05) is 6.04 Å². The minimum atomic E-state index is 0.519. The maximum atomic E-state index is 5.82. The predicted octanol–water partition coefficient (Wildman–Crippen LogP) is 3.30. The molecule has 92 valence electrons. The SMILES string of the molecule is c1ccc(COc2cccc(C3CCN3)c2)cc1. The number of rotatable bonds is 4. The molecule has 3 rings (SSSR count). The largest absolute Gasteiger partial charge is 0.489 e. The molecule has 1 saturated heterocycles. The zero-order valence-electron chi connectivity index (χ0n) is 10.3. The van der Waals surface area contributed by atoms with Crippen LogP contribution >= 0.6 is 0 Å². The molecule has 2 nitrogen and oxygen atoms in total. The van der Waals surface area contributed by atoms with Gasteiger partial charge in [-0.2, -0.15) is 0 Å². The van der Waals surface area contributed by atoms with Gasteiger partial charge in [0.15, 0.2) is 0 Å². The highest BCUT2D eigenvalue weighted by atomic mass is 16.5. The van der Waals surface area contributed by atoms with E-state index in [1.165, 1.54) is 17.5 Å². The molecule has 1 aliphatic heterocycles. The van der Waals surface area contributed by atoms with Gasteiger partial charge in [0.05, 0.1) is 0 Å². The van der Waals surface area contributed by atoms with Gasteiger partial charge >= 0.3 is 0 Å². The minimum absolute atomic E-state index is 0.519. The smallest absolute Gasteiger partial charge is 0.120 e. The lowest BCUT2D eigenvalue weighted by molar-refractivity contribution is 0.304. The van der Waals surface area contributed by atoms with Crippen molar-refractivity contribution >= 4 is 0 Å². The molecule has 2 aromatic carbocycles. The summed E-state index contributed by atoms with van der Waals surface area (Å²) in [5.74, 6) is 0.949. The van der Waals surface area contributed by atoms with E-state index in [-0.39, 0.29) is 0 Å². The zero-order valence-corrected chi connectivity index (χ0v) is 10.3. The molecule has 1 fully saturated rings. The van der Waals surface area contributed by atoms with Gasteiger partial charge in [-0.15, -0.1) is 0 Å². The first-order chi connectivity index (χ1) is 8.92. The molecule has 0 bridgehead atoms. The van der Waals surface area contributed by atoms with Gasteiger partial charge < -0.3 is 10.1 Å². The molecule has 0 aliphatic carbocycles. The quantitative estimate of drug-likeness (QED) is 0.884. The van der Waals surface area contributed by atoms with Crippen molar-refractivity contribution in [3.8, 4) is 5.75 Å². The molecule has 0 saturated carbocycles. The van der Waals surface area contributed by atoms with Crippen LogP contribution in [-0.4, -0.2) is 6.54 Å². The van der Waals surface area contributed by atoms with Crippen molar-refractivity contribution in [3.63, 3.8) is 0 Å². The summed E-state index contributed by atoms with van der Waals surface area (Å²) in [6, 6.07) is 19.2. The summed E-state index contributed by atoms with van der Waals surface area (Å²) in [6.07, 6.45) is 1.22. The van der Waals surface area contributed by atoms with Gasteiger partial charge in [0.2, 0.25) is 0 Å². The van der Waals surface area contributed by atoms with Crippen LogP contribution in [0.1, 0.15) is 23.6 Å². The second kappa shape index (κ2) is 5.23. The molecule has 0 amide bonds. The van der Waals surface area contributed by atoms with Gasteiger partial charge in [0.1, 0.15) is 12.4 Å². The Hall–Kier alpha value is -1.80. The van der Waals surface area contributed by atoms with E-state index >= 15 is 0 Å². The Morgan fingerprint density at radius 1 is 1.06 bits per heavy atom. The Morgan fingerprint density at radius 2 is 1.89 bits per heavy atom. The average molecular weight is 239 g/mol. The molecule has 0 radical (unpaired) electrons. The van der Waals surface area contributed by atoms with Crippen LogP contribution in [0.4, 0.5) is 0 Å². The number of ether oxygens (including phenoxy) is 1. The Bertz CT molecular complexity index is 506. The molecule has 2 aromatic rings. The predicted molar refractivity (Wildman–Crippen MR) is 72.6 cm³/mol. The average Bonchev–Trinajstić information content (AvgIpc) is 2.36. The molecule has 1 heterocycles. The van der Waals surface area contributed by atoms with E-state index < -0.39 is 0 Å². The van der Waals surface area contributed by atoms with E-state index in [0.717, 1.165) is 12.3 Å². The van der Waals surface area contributed by atoms with Crippen LogP contribution < -0.4 is 10.1 Å². The molecule has 1 unspecified atom stereocenters. The highest BCUT2D eigenvalue weighted by molar-refractivity contribution is 5.31. The van der Waals surface area contributed by atoms with Crippen LogP contribution in [0, 0.1) is 0 Å². The van der Waals surface area contributed by atoms with Crippen molar-refractivity contribution in [1.29, 1.82) is 0 Å². The van der Waals surface area contributed by atoms with Gasteiger partial charge in [-0.25, -0.2) is 0 Å². The molecule has 1 aliphatic rings. The topological polar surface area (TPSA) is 21.3 Å². The van der Waals surface area contributed by atoms with Crippen molar-refractivity contribution in [1.82, 2.24) is 5.32 Å². The Morgan fingerprint density at radius 3 is 2.61 bits per heavy atom. The lowest BCUT2D eigenvalue weighted by atomic mass is 9.98. The molecule has 2 heteroatoms. The van der Waals surface area contributed by atoms with E-state index in [4.69, 9.17) is 4.74 Å². The summed E-state index contributed by atoms with van der Waals surface area (Å²) in [4.78, 5) is 0. The van der Waals surface area contributed by atoms with Crippen molar-refractivity contribution in [2.45, 2.75) is 19.1 Å². The fraction of sp³-hybridized carbons (Fsp3) is 0.250. The standard InChI is InChI=1S/C16H17NO/c1-2-5-13(6-3-1)12-18-15-8-4-7-14(11-15)16-9-10-17-16/h1-8,11,16-17H,9-10,12H2. The fourth-order valence-corrected chi connectivity index (χ4v) is 2.14. The highest BCUT2D eigenvalue weighted by Gasteiger charge is 2.18. The van der Waals surface area contributed by atoms with Crippen LogP contribution in [0.15, 0.2) is 54.6 Å². The summed E-state index contributed by atoms with van der Waals surface area (Å²) < 4.78 is 5.82. The van der Waals surface area contributed by atoms with Crippen LogP contribution in [0.2, 0.25) is 0 Å². The summed E-state index contributed by atoms with van der Waals surface area (Å²) in [6.45, 7) is 1.75. The molecule has 1 atom stereocenters. The molecular formula is C16H17NO. The monoisotopic (exact) mass is 239 g/mol. The second-order valence-electron chi connectivity index (χ2n) is 4.64. The maximum Gasteiger partial charge on any atom is 0.120 e. The van der Waals surface area contributed by atoms with Crippen molar-refractivity contribution in [3.05, 3.63) is 65.7 Å². The summed E-state index contributed by atoms with van der Waals surface area (Å²) in [7, 11) is 0. The lowest BCUT2D eigenvalue weighted by Crippen LogP contribution is -2.34. The molecule has 0 aromatic heterocycles. The fourth-order valence-electron chi connectivity index (χ4n) is 2.14. The third-order valence-electron chi connectivity index (χ3n) is 3.33. The van der Waals surface area contributed by atoms with E-state index in [0.29, 0.717) is 12.6 Å². The maximum absolute atomic E-state index is 5.82. The molecule has 1 N–H and O–H groups in total.